The summed E-state index contributed by atoms with van der Waals surface area (Å²) in [7, 11) is -1.30. The van der Waals surface area contributed by atoms with E-state index < -0.39 is 9.84 Å². The van der Waals surface area contributed by atoms with Crippen molar-refractivity contribution in [3.8, 4) is 0 Å². The molecule has 0 amide bonds. The summed E-state index contributed by atoms with van der Waals surface area (Å²) in [5.41, 5.74) is 0. The molecule has 0 aromatic rings. The Balaban J connectivity index is 4.08. The predicted octanol–water partition coefficient (Wildman–Crippen LogP) is -0.0118. The molecule has 0 saturated heterocycles. The van der Waals surface area contributed by atoms with Gasteiger partial charge in [-0.3, -0.25) is 4.79 Å². The third-order valence-corrected chi connectivity index (χ3v) is 2.84. The van der Waals surface area contributed by atoms with Crippen LogP contribution in [-0.2, 0) is 14.6 Å². The largest absolute Gasteiger partial charge is 0.311 e. The number of rotatable bonds is 6. The third kappa shape index (κ3) is 5.76. The second-order valence-electron chi connectivity index (χ2n) is 3.08. The minimum absolute atomic E-state index is 0.0598. The fourth-order valence-corrected chi connectivity index (χ4v) is 1.71. The fourth-order valence-electron chi connectivity index (χ4n) is 1.04. The van der Waals surface area contributed by atoms with Gasteiger partial charge in [0, 0.05) is 12.7 Å². The van der Waals surface area contributed by atoms with Crippen LogP contribution in [-0.4, -0.2) is 39.3 Å². The van der Waals surface area contributed by atoms with E-state index in [1.54, 1.807) is 14.0 Å². The molecule has 0 heterocycles. The minimum Gasteiger partial charge on any atom is -0.311 e. The molecular weight excluding hydrogens is 190 g/mol. The number of likely N-dealkylation sites (N-methyl/N-ethyl adjacent to an activating group) is 1. The molecule has 0 unspecified atom stereocenters. The second kappa shape index (κ2) is 5.34. The SMILES string of the molecule is CCC(=O)[C@H](CCS(C)(=O)=O)NC. The van der Waals surface area contributed by atoms with Crippen molar-refractivity contribution < 1.29 is 13.2 Å². The molecule has 78 valence electrons. The Hall–Kier alpha value is -0.420. The highest BCUT2D eigenvalue weighted by Crippen LogP contribution is 1.99. The van der Waals surface area contributed by atoms with Gasteiger partial charge in [0.15, 0.2) is 0 Å². The quantitative estimate of drug-likeness (QED) is 0.665. The van der Waals surface area contributed by atoms with Gasteiger partial charge in [-0.15, -0.1) is 0 Å². The lowest BCUT2D eigenvalue weighted by Crippen LogP contribution is -2.35. The molecule has 0 spiro atoms. The first-order valence-electron chi connectivity index (χ1n) is 4.28. The summed E-state index contributed by atoms with van der Waals surface area (Å²) in [6.45, 7) is 1.77. The molecule has 4 nitrogen and oxygen atoms in total. The molecule has 0 aromatic heterocycles. The highest BCUT2D eigenvalue weighted by Gasteiger charge is 2.16. The zero-order chi connectivity index (χ0) is 10.5. The van der Waals surface area contributed by atoms with Crippen LogP contribution < -0.4 is 5.32 Å². The standard InChI is InChI=1S/C8H17NO3S/c1-4-8(10)7(9-2)5-6-13(3,11)12/h7,9H,4-6H2,1-3H3/t7-/m0/s1. The number of carbonyl (C=O) groups excluding carboxylic acids is 1. The predicted molar refractivity (Wildman–Crippen MR) is 52.5 cm³/mol. The molecule has 0 bridgehead atoms. The summed E-state index contributed by atoms with van der Waals surface area (Å²) in [5.74, 6) is 0.121. The molecule has 5 heteroatoms. The van der Waals surface area contributed by atoms with Crippen LogP contribution in [0.2, 0.25) is 0 Å². The Morgan fingerprint density at radius 1 is 1.46 bits per heavy atom. The lowest BCUT2D eigenvalue weighted by Gasteiger charge is -2.12. The van der Waals surface area contributed by atoms with Crippen molar-refractivity contribution in [2.75, 3.05) is 19.1 Å². The Kier molecular flexibility index (Phi) is 5.17. The molecule has 1 N–H and O–H groups in total. The Bertz CT molecular complexity index is 259. The van der Waals surface area contributed by atoms with Gasteiger partial charge in [-0.05, 0) is 13.5 Å². The van der Waals surface area contributed by atoms with Crippen molar-refractivity contribution in [2.45, 2.75) is 25.8 Å². The summed E-state index contributed by atoms with van der Waals surface area (Å²) in [6, 6.07) is -0.320. The van der Waals surface area contributed by atoms with E-state index >= 15 is 0 Å². The van der Waals surface area contributed by atoms with Gasteiger partial charge in [-0.1, -0.05) is 6.92 Å². The maximum atomic E-state index is 11.2. The highest BCUT2D eigenvalue weighted by atomic mass is 32.2. The minimum atomic E-state index is -2.96. The molecule has 0 aromatic carbocycles. The van der Waals surface area contributed by atoms with Crippen LogP contribution in [0.5, 0.6) is 0 Å². The number of ketones is 1. The van der Waals surface area contributed by atoms with E-state index in [4.69, 9.17) is 0 Å². The molecule has 1 atom stereocenters. The first-order chi connectivity index (χ1) is 5.90. The van der Waals surface area contributed by atoms with Crippen molar-refractivity contribution in [3.63, 3.8) is 0 Å². The van der Waals surface area contributed by atoms with Gasteiger partial charge in [-0.25, -0.2) is 8.42 Å². The van der Waals surface area contributed by atoms with Gasteiger partial charge < -0.3 is 5.32 Å². The van der Waals surface area contributed by atoms with E-state index in [1.807, 2.05) is 0 Å². The fraction of sp³-hybridized carbons (Fsp3) is 0.875. The molecule has 0 rings (SSSR count). The van der Waals surface area contributed by atoms with Crippen molar-refractivity contribution in [2.24, 2.45) is 0 Å². The van der Waals surface area contributed by atoms with Crippen molar-refractivity contribution in [3.05, 3.63) is 0 Å². The maximum Gasteiger partial charge on any atom is 0.149 e. The van der Waals surface area contributed by atoms with E-state index in [0.29, 0.717) is 12.8 Å². The van der Waals surface area contributed by atoms with E-state index in [2.05, 4.69) is 5.32 Å². The molecule has 0 aliphatic rings. The van der Waals surface area contributed by atoms with Crippen molar-refractivity contribution in [1.29, 1.82) is 0 Å². The zero-order valence-corrected chi connectivity index (χ0v) is 9.15. The van der Waals surface area contributed by atoms with Crippen LogP contribution in [0.15, 0.2) is 0 Å². The van der Waals surface area contributed by atoms with Gasteiger partial charge in [0.1, 0.15) is 15.6 Å². The summed E-state index contributed by atoms with van der Waals surface area (Å²) in [6.07, 6.45) is 1.98. The topological polar surface area (TPSA) is 63.2 Å². The second-order valence-corrected chi connectivity index (χ2v) is 5.34. The van der Waals surface area contributed by atoms with Crippen molar-refractivity contribution >= 4 is 15.6 Å². The van der Waals surface area contributed by atoms with Gasteiger partial charge >= 0.3 is 0 Å². The normalized spacial score (nSPS) is 14.1. The van der Waals surface area contributed by atoms with E-state index in [0.717, 1.165) is 0 Å². The average molecular weight is 207 g/mol. The monoisotopic (exact) mass is 207 g/mol. The summed E-state index contributed by atoms with van der Waals surface area (Å²) < 4.78 is 21.6. The maximum absolute atomic E-state index is 11.2. The zero-order valence-electron chi connectivity index (χ0n) is 8.33. The molecular formula is C8H17NO3S. The molecule has 0 fully saturated rings. The summed E-state index contributed by atoms with van der Waals surface area (Å²) in [4.78, 5) is 11.2. The lowest BCUT2D eigenvalue weighted by atomic mass is 10.1. The average Bonchev–Trinajstić information content (AvgIpc) is 2.03. The number of hydrogen-bond donors (Lipinski definition) is 1. The summed E-state index contributed by atoms with van der Waals surface area (Å²) in [5, 5.41) is 2.81. The molecule has 13 heavy (non-hydrogen) atoms. The highest BCUT2D eigenvalue weighted by molar-refractivity contribution is 7.90. The van der Waals surface area contributed by atoms with E-state index in [-0.39, 0.29) is 17.6 Å². The number of Topliss-reactive ketones (excluding diaryl/α,β-unsaturated/α-hetero) is 1. The van der Waals surface area contributed by atoms with Crippen LogP contribution in [0.4, 0.5) is 0 Å². The number of carbonyl (C=O) groups is 1. The third-order valence-electron chi connectivity index (χ3n) is 1.86. The molecule has 0 radical (unpaired) electrons. The number of sulfone groups is 1. The Morgan fingerprint density at radius 3 is 2.31 bits per heavy atom. The van der Waals surface area contributed by atoms with Gasteiger partial charge in [0.05, 0.1) is 11.8 Å². The lowest BCUT2D eigenvalue weighted by molar-refractivity contribution is -0.120. The molecule has 0 aliphatic carbocycles. The van der Waals surface area contributed by atoms with Crippen molar-refractivity contribution in [1.82, 2.24) is 5.32 Å². The first kappa shape index (κ1) is 12.6. The van der Waals surface area contributed by atoms with Gasteiger partial charge in [0.25, 0.3) is 0 Å². The first-order valence-corrected chi connectivity index (χ1v) is 6.34. The molecule has 0 saturated carbocycles. The van der Waals surface area contributed by atoms with Crippen LogP contribution in [0.3, 0.4) is 0 Å². The molecule has 0 aliphatic heterocycles. The smallest absolute Gasteiger partial charge is 0.149 e. The van der Waals surface area contributed by atoms with Crippen LogP contribution in [0, 0.1) is 0 Å². The van der Waals surface area contributed by atoms with E-state index in [9.17, 15) is 13.2 Å². The number of hydrogen-bond acceptors (Lipinski definition) is 4. The van der Waals surface area contributed by atoms with Gasteiger partial charge in [0.2, 0.25) is 0 Å². The van der Waals surface area contributed by atoms with Gasteiger partial charge in [-0.2, -0.15) is 0 Å². The van der Waals surface area contributed by atoms with Crippen LogP contribution in [0.1, 0.15) is 19.8 Å². The summed E-state index contributed by atoms with van der Waals surface area (Å²) >= 11 is 0. The van der Waals surface area contributed by atoms with Crippen LogP contribution >= 0.6 is 0 Å². The van der Waals surface area contributed by atoms with Crippen LogP contribution in [0.25, 0.3) is 0 Å². The number of nitrogens with one attached hydrogen (secondary N) is 1. The Morgan fingerprint density at radius 2 is 2.00 bits per heavy atom. The Labute approximate surface area is 79.6 Å². The van der Waals surface area contributed by atoms with E-state index in [1.165, 1.54) is 6.26 Å².